The number of nitrogens with one attached hydrogen (secondary N) is 1. The minimum Gasteiger partial charge on any atom is -0.327 e. The van der Waals surface area contributed by atoms with Crippen molar-refractivity contribution in [1.82, 2.24) is 4.72 Å². The van der Waals surface area contributed by atoms with Crippen LogP contribution >= 0.6 is 11.6 Å². The molecule has 0 unspecified atom stereocenters. The Hall–Kier alpha value is -1.09. The highest BCUT2D eigenvalue weighted by atomic mass is 35.5. The fourth-order valence-electron chi connectivity index (χ4n) is 1.30. The third-order valence-corrected chi connectivity index (χ3v) is 4.15. The van der Waals surface area contributed by atoms with E-state index in [1.54, 1.807) is 0 Å². The molecule has 112 valence electrons. The summed E-state index contributed by atoms with van der Waals surface area (Å²) in [6.45, 7) is 0.137. The van der Waals surface area contributed by atoms with E-state index in [0.717, 1.165) is 12.1 Å². The maximum atomic E-state index is 12.6. The number of halogens is 4. The van der Waals surface area contributed by atoms with E-state index < -0.39 is 26.7 Å². The van der Waals surface area contributed by atoms with Crippen molar-refractivity contribution >= 4 is 21.6 Å². The van der Waals surface area contributed by atoms with E-state index in [2.05, 4.69) is 4.72 Å². The molecular formula is C11H12ClF3N2O2S. The lowest BCUT2D eigenvalue weighted by Gasteiger charge is -2.11. The van der Waals surface area contributed by atoms with Crippen LogP contribution in [-0.2, 0) is 16.2 Å². The Morgan fingerprint density at radius 3 is 2.50 bits per heavy atom. The molecule has 3 N–H and O–H groups in total. The van der Waals surface area contributed by atoms with Gasteiger partial charge >= 0.3 is 6.18 Å². The molecule has 9 heteroatoms. The zero-order chi connectivity index (χ0) is 15.4. The van der Waals surface area contributed by atoms with Crippen LogP contribution in [0.3, 0.4) is 0 Å². The second kappa shape index (κ2) is 6.57. The van der Waals surface area contributed by atoms with Gasteiger partial charge in [0.15, 0.2) is 0 Å². The molecule has 0 amide bonds. The zero-order valence-corrected chi connectivity index (χ0v) is 11.7. The van der Waals surface area contributed by atoms with E-state index in [1.807, 2.05) is 0 Å². The minimum absolute atomic E-state index is 0.0912. The van der Waals surface area contributed by atoms with Gasteiger partial charge in [-0.1, -0.05) is 23.8 Å². The van der Waals surface area contributed by atoms with Crippen LogP contribution in [0.15, 0.2) is 35.2 Å². The van der Waals surface area contributed by atoms with Gasteiger partial charge in [0.25, 0.3) is 0 Å². The van der Waals surface area contributed by atoms with Crippen molar-refractivity contribution in [3.63, 3.8) is 0 Å². The van der Waals surface area contributed by atoms with Crippen molar-refractivity contribution in [1.29, 1.82) is 0 Å². The van der Waals surface area contributed by atoms with Crippen molar-refractivity contribution in [2.24, 2.45) is 5.73 Å². The predicted molar refractivity (Wildman–Crippen MR) is 69.8 cm³/mol. The Labute approximate surface area is 119 Å². The number of rotatable bonds is 5. The van der Waals surface area contributed by atoms with Crippen LogP contribution in [0.5, 0.6) is 0 Å². The van der Waals surface area contributed by atoms with Gasteiger partial charge in [-0.2, -0.15) is 13.2 Å². The number of sulfonamides is 1. The Morgan fingerprint density at radius 2 is 1.95 bits per heavy atom. The molecule has 1 rings (SSSR count). The summed E-state index contributed by atoms with van der Waals surface area (Å²) in [5, 5.41) is -0.284. The molecule has 1 aromatic carbocycles. The van der Waals surface area contributed by atoms with Gasteiger partial charge in [-0.05, 0) is 18.2 Å². The van der Waals surface area contributed by atoms with E-state index in [4.69, 9.17) is 17.3 Å². The van der Waals surface area contributed by atoms with Gasteiger partial charge in [-0.25, -0.2) is 13.1 Å². The average molecular weight is 329 g/mol. The van der Waals surface area contributed by atoms with E-state index in [0.29, 0.717) is 6.07 Å². The van der Waals surface area contributed by atoms with Gasteiger partial charge < -0.3 is 5.73 Å². The van der Waals surface area contributed by atoms with Gasteiger partial charge in [-0.3, -0.25) is 0 Å². The summed E-state index contributed by atoms with van der Waals surface area (Å²) >= 11 is 5.65. The van der Waals surface area contributed by atoms with Gasteiger partial charge in [-0.15, -0.1) is 0 Å². The number of hydrogen-bond donors (Lipinski definition) is 2. The molecule has 4 nitrogen and oxygen atoms in total. The summed E-state index contributed by atoms with van der Waals surface area (Å²) in [5.41, 5.74) is 4.09. The molecule has 0 aliphatic rings. The SMILES string of the molecule is NC/C=C/CNS(=O)(=O)c1cc(C(F)(F)F)ccc1Cl. The first-order chi connectivity index (χ1) is 9.18. The molecule has 0 saturated carbocycles. The first kappa shape index (κ1) is 17.0. The fraction of sp³-hybridized carbons (Fsp3) is 0.273. The monoisotopic (exact) mass is 328 g/mol. The van der Waals surface area contributed by atoms with Crippen molar-refractivity contribution in [3.05, 3.63) is 40.9 Å². The fourth-order valence-corrected chi connectivity index (χ4v) is 2.80. The summed E-state index contributed by atoms with van der Waals surface area (Å²) in [4.78, 5) is -0.616. The van der Waals surface area contributed by atoms with Gasteiger partial charge in [0, 0.05) is 13.1 Å². The molecule has 0 aliphatic heterocycles. The molecule has 0 saturated heterocycles. The van der Waals surface area contributed by atoms with E-state index in [9.17, 15) is 21.6 Å². The lowest BCUT2D eigenvalue weighted by atomic mass is 10.2. The molecule has 0 spiro atoms. The summed E-state index contributed by atoms with van der Waals surface area (Å²) in [6, 6.07) is 2.11. The maximum Gasteiger partial charge on any atom is 0.416 e. The molecule has 1 aromatic rings. The number of benzene rings is 1. The van der Waals surface area contributed by atoms with Crippen molar-refractivity contribution in [2.45, 2.75) is 11.1 Å². The molecule has 0 radical (unpaired) electrons. The van der Waals surface area contributed by atoms with Crippen LogP contribution in [0.25, 0.3) is 0 Å². The molecule has 0 aliphatic carbocycles. The quantitative estimate of drug-likeness (QED) is 0.814. The van der Waals surface area contributed by atoms with Crippen LogP contribution in [0.2, 0.25) is 5.02 Å². The van der Waals surface area contributed by atoms with Crippen molar-refractivity contribution in [2.75, 3.05) is 13.1 Å². The average Bonchev–Trinajstić information content (AvgIpc) is 2.33. The molecule has 20 heavy (non-hydrogen) atoms. The summed E-state index contributed by atoms with van der Waals surface area (Å²) in [5.74, 6) is 0. The van der Waals surface area contributed by atoms with Crippen LogP contribution in [0, 0.1) is 0 Å². The van der Waals surface area contributed by atoms with Crippen LogP contribution < -0.4 is 10.5 Å². The highest BCUT2D eigenvalue weighted by Gasteiger charge is 2.32. The smallest absolute Gasteiger partial charge is 0.327 e. The van der Waals surface area contributed by atoms with Gasteiger partial charge in [0.05, 0.1) is 10.6 Å². The highest BCUT2D eigenvalue weighted by molar-refractivity contribution is 7.89. The predicted octanol–water partition coefficient (Wildman–Crippen LogP) is 2.15. The Morgan fingerprint density at radius 1 is 1.30 bits per heavy atom. The molecule has 0 atom stereocenters. The Bertz CT molecular complexity index is 600. The van der Waals surface area contributed by atoms with Crippen LogP contribution in [0.1, 0.15) is 5.56 Å². The third kappa shape index (κ3) is 4.48. The normalized spacial score (nSPS) is 13.1. The highest BCUT2D eigenvalue weighted by Crippen LogP contribution is 2.33. The lowest BCUT2D eigenvalue weighted by molar-refractivity contribution is -0.137. The van der Waals surface area contributed by atoms with Crippen LogP contribution in [0.4, 0.5) is 13.2 Å². The second-order valence-corrected chi connectivity index (χ2v) is 5.84. The topological polar surface area (TPSA) is 72.2 Å². The molecule has 0 bridgehead atoms. The summed E-state index contributed by atoms with van der Waals surface area (Å²) in [6.07, 6.45) is -1.69. The van der Waals surface area contributed by atoms with E-state index >= 15 is 0 Å². The van der Waals surface area contributed by atoms with Crippen molar-refractivity contribution < 1.29 is 21.6 Å². The molecule has 0 heterocycles. The Balaban J connectivity index is 3.08. The lowest BCUT2D eigenvalue weighted by Crippen LogP contribution is -2.24. The van der Waals surface area contributed by atoms with E-state index in [1.165, 1.54) is 12.2 Å². The number of nitrogens with two attached hydrogens (primary N) is 1. The standard InChI is InChI=1S/C11H12ClF3N2O2S/c12-9-4-3-8(11(13,14)15)7-10(9)20(18,19)17-6-2-1-5-16/h1-4,7,17H,5-6,16H2/b2-1+. The molecule has 0 fully saturated rings. The third-order valence-electron chi connectivity index (χ3n) is 2.24. The van der Waals surface area contributed by atoms with E-state index in [-0.39, 0.29) is 18.1 Å². The molecular weight excluding hydrogens is 317 g/mol. The van der Waals surface area contributed by atoms with Crippen LogP contribution in [-0.4, -0.2) is 21.5 Å². The largest absolute Gasteiger partial charge is 0.416 e. The van der Waals surface area contributed by atoms with Crippen molar-refractivity contribution in [3.8, 4) is 0 Å². The minimum atomic E-state index is -4.64. The molecule has 0 aromatic heterocycles. The Kier molecular flexibility index (Phi) is 5.58. The second-order valence-electron chi connectivity index (χ2n) is 3.70. The number of hydrogen-bond acceptors (Lipinski definition) is 3. The van der Waals surface area contributed by atoms with Gasteiger partial charge in [0.2, 0.25) is 10.0 Å². The first-order valence-corrected chi connectivity index (χ1v) is 7.26. The van der Waals surface area contributed by atoms with Gasteiger partial charge in [0.1, 0.15) is 4.90 Å². The first-order valence-electron chi connectivity index (χ1n) is 5.40. The summed E-state index contributed by atoms with van der Waals surface area (Å²) < 4.78 is 63.5. The zero-order valence-electron chi connectivity index (χ0n) is 10.1. The maximum absolute atomic E-state index is 12.6. The number of alkyl halides is 3. The summed E-state index contributed by atoms with van der Waals surface area (Å²) in [7, 11) is -4.13.